The number of aromatic nitrogens is 2. The topological polar surface area (TPSA) is 434 Å². The van der Waals surface area contributed by atoms with Gasteiger partial charge in [-0.25, -0.2) is 9.78 Å². The van der Waals surface area contributed by atoms with E-state index in [0.29, 0.717) is 5.69 Å². The zero-order valence-electron chi connectivity index (χ0n) is 36.7. The maximum absolute atomic E-state index is 13.7. The third-order valence-electron chi connectivity index (χ3n) is 9.54. The number of hydrogen-bond acceptors (Lipinski definition) is 15. The van der Waals surface area contributed by atoms with Gasteiger partial charge in [-0.05, 0) is 18.8 Å². The van der Waals surface area contributed by atoms with Crippen LogP contribution < -0.4 is 59.3 Å². The minimum atomic E-state index is -1.86. The van der Waals surface area contributed by atoms with Crippen molar-refractivity contribution in [1.82, 2.24) is 57.8 Å². The predicted molar refractivity (Wildman–Crippen MR) is 237 cm³/mol. The van der Waals surface area contributed by atoms with Gasteiger partial charge in [0.15, 0.2) is 0 Å². The van der Waals surface area contributed by atoms with E-state index in [1.165, 1.54) is 40.2 Å². The Morgan fingerprint density at radius 3 is 1.65 bits per heavy atom. The fourth-order valence-electron chi connectivity index (χ4n) is 5.65. The molecule has 368 valence electrons. The Morgan fingerprint density at radius 1 is 0.636 bits per heavy atom. The third-order valence-corrected chi connectivity index (χ3v) is 10.3. The number of nitrogens with zero attached hydrogens (tertiary/aromatic N) is 1. The van der Waals surface area contributed by atoms with E-state index in [0.717, 1.165) is 0 Å². The minimum absolute atomic E-state index is 0.151. The van der Waals surface area contributed by atoms with Crippen LogP contribution in [0, 0.1) is 11.8 Å². The second-order valence-electron chi connectivity index (χ2n) is 15.2. The normalized spacial score (nSPS) is 15.0. The average molecular weight is 974 g/mol. The summed E-state index contributed by atoms with van der Waals surface area (Å²) < 4.78 is 0. The highest BCUT2D eigenvalue weighted by molar-refractivity contribution is 7.80. The fourth-order valence-corrected chi connectivity index (χ4v) is 6.18. The first kappa shape index (κ1) is 57.4. The lowest BCUT2D eigenvalue weighted by molar-refractivity contribution is -0.142. The number of carboxylic acids is 1. The summed E-state index contributed by atoms with van der Waals surface area (Å²) in [6.45, 7) is 6.70. The lowest BCUT2D eigenvalue weighted by Crippen LogP contribution is -2.61. The molecule has 0 aromatic carbocycles. The third kappa shape index (κ3) is 20.0. The first-order valence-electron chi connectivity index (χ1n) is 20.2. The average Bonchev–Trinajstić information content (AvgIpc) is 3.75. The lowest BCUT2D eigenvalue weighted by atomic mass is 9.96. The van der Waals surface area contributed by atoms with E-state index in [4.69, 9.17) is 16.6 Å². The monoisotopic (exact) mass is 973 g/mol. The van der Waals surface area contributed by atoms with Gasteiger partial charge in [0.1, 0.15) is 48.3 Å². The molecule has 0 aliphatic carbocycles. The van der Waals surface area contributed by atoms with Gasteiger partial charge in [-0.15, -0.1) is 0 Å². The fraction of sp³-hybridized carbons (Fsp3) is 0.595. The number of carboxylic acid groups (broad SMARTS) is 2. The van der Waals surface area contributed by atoms with Gasteiger partial charge in [-0.2, -0.15) is 25.3 Å². The van der Waals surface area contributed by atoms with Crippen molar-refractivity contribution < 1.29 is 67.7 Å². The zero-order chi connectivity index (χ0) is 50.4. The number of aromatic amines is 1. The number of aliphatic carboxylic acids is 1. The van der Waals surface area contributed by atoms with Gasteiger partial charge in [-0.1, -0.05) is 34.1 Å². The molecule has 11 amide bonds. The molecule has 0 bridgehead atoms. The summed E-state index contributed by atoms with van der Waals surface area (Å²) in [5.41, 5.74) is 10.8. The maximum Gasteiger partial charge on any atom is 0.405 e. The molecule has 66 heavy (non-hydrogen) atoms. The van der Waals surface area contributed by atoms with Crippen LogP contribution in [0.4, 0.5) is 4.79 Å². The molecule has 0 saturated heterocycles. The van der Waals surface area contributed by atoms with Crippen molar-refractivity contribution in [3.63, 3.8) is 0 Å². The van der Waals surface area contributed by atoms with Crippen LogP contribution >= 0.6 is 25.3 Å². The molecule has 0 fully saturated rings. The van der Waals surface area contributed by atoms with Gasteiger partial charge in [0, 0.05) is 29.8 Å². The SMILES string of the molecule is CC[C@H](C)[C@H](NC(=O)[C@H](CC(=O)O)NC(=O)[C@@H](NC(=O)[C@H](C)NC(=O)[C@H](Cc1cnc[nH]1)NC(=O)[C@H](CS)NC(=O)O)C(C)C)C(=O)N[C@@H](CC(N)=O)C(=O)NCC(=O)N[C@@H](CS)C(N)=O. The van der Waals surface area contributed by atoms with Gasteiger partial charge in [0.25, 0.3) is 0 Å². The van der Waals surface area contributed by atoms with E-state index in [1.807, 2.05) is 5.32 Å². The number of carbonyl (C=O) groups is 12. The summed E-state index contributed by atoms with van der Waals surface area (Å²) in [4.78, 5) is 159. The Balaban J connectivity index is 3.22. The van der Waals surface area contributed by atoms with Crippen LogP contribution in [0.15, 0.2) is 12.5 Å². The number of carbonyl (C=O) groups excluding carboxylic acids is 10. The van der Waals surface area contributed by atoms with Gasteiger partial charge in [-0.3, -0.25) is 52.7 Å². The summed E-state index contributed by atoms with van der Waals surface area (Å²) in [7, 11) is 0. The smallest absolute Gasteiger partial charge is 0.405 e. The van der Waals surface area contributed by atoms with Crippen molar-refractivity contribution in [2.24, 2.45) is 23.3 Å². The van der Waals surface area contributed by atoms with E-state index in [2.05, 4.69) is 77.8 Å². The maximum atomic E-state index is 13.7. The van der Waals surface area contributed by atoms with Crippen molar-refractivity contribution in [3.05, 3.63) is 18.2 Å². The van der Waals surface area contributed by atoms with Crippen molar-refractivity contribution in [3.8, 4) is 0 Å². The molecular formula is C37H59N13O14S2. The molecule has 1 heterocycles. The number of imidazole rings is 1. The summed E-state index contributed by atoms with van der Waals surface area (Å²) in [5, 5.41) is 39.3. The quantitative estimate of drug-likeness (QED) is 0.0333. The Morgan fingerprint density at radius 2 is 1.17 bits per heavy atom. The molecule has 0 saturated carbocycles. The number of thiol groups is 2. The molecule has 0 aliphatic heterocycles. The van der Waals surface area contributed by atoms with Crippen LogP contribution in [0.3, 0.4) is 0 Å². The second-order valence-corrected chi connectivity index (χ2v) is 15.9. The molecular weight excluding hydrogens is 915 g/mol. The molecule has 27 nitrogen and oxygen atoms in total. The van der Waals surface area contributed by atoms with Crippen molar-refractivity contribution in [1.29, 1.82) is 0 Å². The zero-order valence-corrected chi connectivity index (χ0v) is 38.5. The van der Waals surface area contributed by atoms with Crippen molar-refractivity contribution in [2.75, 3.05) is 18.1 Å². The Labute approximate surface area is 389 Å². The predicted octanol–water partition coefficient (Wildman–Crippen LogP) is -5.48. The largest absolute Gasteiger partial charge is 0.481 e. The standard InChI is InChI=1S/C37H59N13O14S2/c1-6-16(4)28(36(62)46-20(8-24(38)51)31(57)41-11-25(52)44-22(12-65)29(39)55)50-33(59)21(9-26(53)54)47-35(61)27(15(2)3)49-30(56)17(5)43-32(58)19(7-18-10-40-14-42-18)45-34(60)23(13-66)48-37(63)64/h10,14-17,19-23,27-28,48,65-66H,6-9,11-13H2,1-5H3,(H2,38,51)(H2,39,55)(H,40,42)(H,41,57)(H,43,58)(H,44,52)(H,45,60)(H,46,62)(H,47,61)(H,49,56)(H,50,59)(H,53,54)(H,63,64)/t16-,17-,19-,20-,21-,22-,23-,27-,28-/m0/s1. The van der Waals surface area contributed by atoms with Crippen LogP contribution in [0.5, 0.6) is 0 Å². The van der Waals surface area contributed by atoms with Crippen LogP contribution in [0.25, 0.3) is 0 Å². The number of nitrogens with two attached hydrogens (primary N) is 2. The molecule has 0 radical (unpaired) electrons. The summed E-state index contributed by atoms with van der Waals surface area (Å²) in [6.07, 6.45) is -0.592. The van der Waals surface area contributed by atoms with Crippen LogP contribution in [-0.4, -0.2) is 158 Å². The lowest BCUT2D eigenvalue weighted by Gasteiger charge is -2.29. The molecule has 1 aromatic rings. The molecule has 9 atom stereocenters. The Hall–Kier alpha value is -6.65. The molecule has 0 spiro atoms. The summed E-state index contributed by atoms with van der Waals surface area (Å²) >= 11 is 7.87. The van der Waals surface area contributed by atoms with E-state index in [1.54, 1.807) is 6.92 Å². The number of H-pyrrole nitrogens is 1. The molecule has 1 aromatic heterocycles. The molecule has 1 rings (SSSR count). The van der Waals surface area contributed by atoms with Crippen molar-refractivity contribution >= 4 is 96.4 Å². The van der Waals surface area contributed by atoms with E-state index in [9.17, 15) is 62.6 Å². The number of nitrogens with one attached hydrogen (secondary N) is 10. The first-order valence-corrected chi connectivity index (χ1v) is 21.5. The van der Waals surface area contributed by atoms with Gasteiger partial charge >= 0.3 is 12.1 Å². The van der Waals surface area contributed by atoms with Crippen LogP contribution in [0.2, 0.25) is 0 Å². The summed E-state index contributed by atoms with van der Waals surface area (Å²) in [6, 6.07) is -11.8. The number of hydrogen-bond donors (Lipinski definition) is 16. The van der Waals surface area contributed by atoms with Gasteiger partial charge in [0.05, 0.1) is 25.7 Å². The Kier molecular flexibility index (Phi) is 24.6. The van der Waals surface area contributed by atoms with E-state index in [-0.39, 0.29) is 24.3 Å². The molecule has 16 N–H and O–H groups in total. The molecule has 0 aliphatic rings. The van der Waals surface area contributed by atoms with Crippen LogP contribution in [0.1, 0.15) is 59.6 Å². The highest BCUT2D eigenvalue weighted by Gasteiger charge is 2.36. The number of rotatable bonds is 29. The molecule has 0 unspecified atom stereocenters. The molecule has 29 heteroatoms. The van der Waals surface area contributed by atoms with Gasteiger partial charge < -0.3 is 74.5 Å². The highest BCUT2D eigenvalue weighted by Crippen LogP contribution is 2.11. The van der Waals surface area contributed by atoms with E-state index >= 15 is 0 Å². The summed E-state index contributed by atoms with van der Waals surface area (Å²) in [5.74, 6) is -13.3. The Bertz CT molecular complexity index is 1920. The number of amides is 11. The van der Waals surface area contributed by atoms with Gasteiger partial charge in [0.2, 0.25) is 59.1 Å². The highest BCUT2D eigenvalue weighted by atomic mass is 32.1. The second kappa shape index (κ2) is 28.3. The van der Waals surface area contributed by atoms with E-state index < -0.39 is 151 Å². The first-order chi connectivity index (χ1) is 30.8. The van der Waals surface area contributed by atoms with Crippen LogP contribution in [-0.2, 0) is 59.2 Å². The number of primary amides is 2. The minimum Gasteiger partial charge on any atom is -0.481 e. The van der Waals surface area contributed by atoms with Crippen molar-refractivity contribution in [2.45, 2.75) is 109 Å².